The molecule has 1 amide bonds. The normalized spacial score (nSPS) is 16.8. The summed E-state index contributed by atoms with van der Waals surface area (Å²) in [5.74, 6) is 1.38. The number of nitrogens with one attached hydrogen (secondary N) is 1. The number of thioether (sulfide) groups is 1. The van der Waals surface area contributed by atoms with Crippen LogP contribution in [0.4, 0.5) is 0 Å². The minimum absolute atomic E-state index is 0. The number of hydrogen-bond acceptors (Lipinski definition) is 5. The van der Waals surface area contributed by atoms with Crippen LogP contribution in [-0.2, 0) is 4.79 Å². The second-order valence-corrected chi connectivity index (χ2v) is 6.61. The van der Waals surface area contributed by atoms with Crippen molar-refractivity contribution in [1.29, 1.82) is 0 Å². The predicted octanol–water partition coefficient (Wildman–Crippen LogP) is 2.78. The highest BCUT2D eigenvalue weighted by Crippen LogP contribution is 2.26. The van der Waals surface area contributed by atoms with Crippen LogP contribution in [0.2, 0.25) is 0 Å². The maximum atomic E-state index is 12.7. The van der Waals surface area contributed by atoms with Crippen LogP contribution in [0.25, 0.3) is 0 Å². The number of benzene rings is 1. The second kappa shape index (κ2) is 9.65. The van der Waals surface area contributed by atoms with Gasteiger partial charge in [-0.15, -0.1) is 24.2 Å². The number of halogens is 1. The number of aromatic nitrogens is 1. The van der Waals surface area contributed by atoms with Gasteiger partial charge in [0.15, 0.2) is 0 Å². The first kappa shape index (κ1) is 19.6. The molecule has 25 heavy (non-hydrogen) atoms. The van der Waals surface area contributed by atoms with Crippen molar-refractivity contribution in [3.8, 4) is 5.75 Å². The second-order valence-electron chi connectivity index (χ2n) is 5.56. The van der Waals surface area contributed by atoms with Crippen molar-refractivity contribution in [2.45, 2.75) is 10.9 Å². The van der Waals surface area contributed by atoms with Crippen LogP contribution in [-0.4, -0.2) is 48.3 Å². The summed E-state index contributed by atoms with van der Waals surface area (Å²) < 4.78 is 5.23. The Morgan fingerprint density at radius 3 is 3.04 bits per heavy atom. The largest absolute Gasteiger partial charge is 0.497 e. The number of piperazine rings is 1. The van der Waals surface area contributed by atoms with Crippen LogP contribution < -0.4 is 10.1 Å². The van der Waals surface area contributed by atoms with Gasteiger partial charge in [-0.1, -0.05) is 12.1 Å². The SMILES string of the molecule is COc1cccc(SCC(=O)N2CCNCC2c2cccnc2)c1.Cl. The van der Waals surface area contributed by atoms with Crippen LogP contribution in [0.5, 0.6) is 5.75 Å². The highest BCUT2D eigenvalue weighted by molar-refractivity contribution is 8.00. The molecular weight excluding hydrogens is 358 g/mol. The highest BCUT2D eigenvalue weighted by Gasteiger charge is 2.27. The molecule has 1 aliphatic heterocycles. The van der Waals surface area contributed by atoms with E-state index in [4.69, 9.17) is 4.74 Å². The first-order valence-electron chi connectivity index (χ1n) is 7.95. The van der Waals surface area contributed by atoms with Crippen molar-refractivity contribution in [1.82, 2.24) is 15.2 Å². The van der Waals surface area contributed by atoms with Crippen LogP contribution in [0.3, 0.4) is 0 Å². The Labute approximate surface area is 158 Å². The summed E-state index contributed by atoms with van der Waals surface area (Å²) in [6.45, 7) is 2.31. The lowest BCUT2D eigenvalue weighted by Gasteiger charge is -2.36. The molecular formula is C18H22ClN3O2S. The fraction of sp³-hybridized carbons (Fsp3) is 0.333. The van der Waals surface area contributed by atoms with Gasteiger partial charge in [0, 0.05) is 36.9 Å². The summed E-state index contributed by atoms with van der Waals surface area (Å²) in [5, 5.41) is 3.36. The molecule has 0 radical (unpaired) electrons. The Balaban J connectivity index is 0.00000225. The molecule has 0 saturated carbocycles. The number of amides is 1. The third kappa shape index (κ3) is 5.11. The third-order valence-corrected chi connectivity index (χ3v) is 5.01. The molecule has 7 heteroatoms. The van der Waals surface area contributed by atoms with Crippen molar-refractivity contribution in [2.24, 2.45) is 0 Å². The minimum atomic E-state index is 0. The fourth-order valence-electron chi connectivity index (χ4n) is 2.79. The lowest BCUT2D eigenvalue weighted by atomic mass is 10.1. The van der Waals surface area contributed by atoms with E-state index in [0.29, 0.717) is 5.75 Å². The monoisotopic (exact) mass is 379 g/mol. The van der Waals surface area contributed by atoms with Gasteiger partial charge in [0.1, 0.15) is 5.75 Å². The molecule has 1 N–H and O–H groups in total. The van der Waals surface area contributed by atoms with Crippen molar-refractivity contribution in [3.05, 3.63) is 54.4 Å². The smallest absolute Gasteiger partial charge is 0.233 e. The van der Waals surface area contributed by atoms with Gasteiger partial charge in [-0.05, 0) is 29.8 Å². The van der Waals surface area contributed by atoms with Crippen LogP contribution in [0.1, 0.15) is 11.6 Å². The number of ether oxygens (including phenoxy) is 1. The molecule has 0 spiro atoms. The van der Waals surface area contributed by atoms with E-state index in [1.54, 1.807) is 25.1 Å². The topological polar surface area (TPSA) is 54.5 Å². The Bertz CT molecular complexity index is 687. The molecule has 5 nitrogen and oxygen atoms in total. The number of rotatable bonds is 5. The standard InChI is InChI=1S/C18H21N3O2S.ClH/c1-23-15-5-2-6-16(10-15)24-13-18(22)21-9-8-20-12-17(21)14-4-3-7-19-11-14;/h2-7,10-11,17,20H,8-9,12-13H2,1H3;1H. The van der Waals surface area contributed by atoms with Gasteiger partial charge < -0.3 is 15.0 Å². The van der Waals surface area contributed by atoms with Crippen LogP contribution in [0, 0.1) is 0 Å². The van der Waals surface area contributed by atoms with E-state index in [1.807, 2.05) is 47.5 Å². The number of nitrogens with zero attached hydrogens (tertiary/aromatic N) is 2. The molecule has 1 aromatic heterocycles. The summed E-state index contributed by atoms with van der Waals surface area (Å²) in [6.07, 6.45) is 3.59. The molecule has 1 fully saturated rings. The first-order chi connectivity index (χ1) is 11.8. The summed E-state index contributed by atoms with van der Waals surface area (Å²) >= 11 is 1.54. The molecule has 3 rings (SSSR count). The van der Waals surface area contributed by atoms with E-state index in [2.05, 4.69) is 10.3 Å². The van der Waals surface area contributed by atoms with Gasteiger partial charge in [0.2, 0.25) is 5.91 Å². The fourth-order valence-corrected chi connectivity index (χ4v) is 3.62. The van der Waals surface area contributed by atoms with Crippen molar-refractivity contribution in [2.75, 3.05) is 32.5 Å². The molecule has 0 aliphatic carbocycles. The number of carbonyl (C=O) groups excluding carboxylic acids is 1. The van der Waals surface area contributed by atoms with Gasteiger partial charge in [-0.3, -0.25) is 9.78 Å². The first-order valence-corrected chi connectivity index (χ1v) is 8.93. The molecule has 1 aliphatic rings. The Hall–Kier alpha value is -1.76. The maximum Gasteiger partial charge on any atom is 0.233 e. The lowest BCUT2D eigenvalue weighted by Crippen LogP contribution is -2.49. The summed E-state index contributed by atoms with van der Waals surface area (Å²) in [6, 6.07) is 11.8. The van der Waals surface area contributed by atoms with Gasteiger partial charge in [-0.25, -0.2) is 0 Å². The van der Waals surface area contributed by atoms with E-state index in [-0.39, 0.29) is 24.4 Å². The zero-order valence-corrected chi connectivity index (χ0v) is 15.7. The van der Waals surface area contributed by atoms with Gasteiger partial charge >= 0.3 is 0 Å². The van der Waals surface area contributed by atoms with E-state index >= 15 is 0 Å². The zero-order valence-electron chi connectivity index (χ0n) is 14.1. The molecule has 2 heterocycles. The van der Waals surface area contributed by atoms with Crippen molar-refractivity contribution in [3.63, 3.8) is 0 Å². The molecule has 1 atom stereocenters. The Kier molecular flexibility index (Phi) is 7.55. The summed E-state index contributed by atoms with van der Waals surface area (Å²) in [4.78, 5) is 19.9. The molecule has 1 saturated heterocycles. The predicted molar refractivity (Wildman–Crippen MR) is 103 cm³/mol. The molecule has 1 aromatic carbocycles. The summed E-state index contributed by atoms with van der Waals surface area (Å²) in [7, 11) is 1.65. The van der Waals surface area contributed by atoms with Gasteiger partial charge in [-0.2, -0.15) is 0 Å². The minimum Gasteiger partial charge on any atom is -0.497 e. The molecule has 2 aromatic rings. The number of methoxy groups -OCH3 is 1. The third-order valence-electron chi connectivity index (χ3n) is 4.04. The zero-order chi connectivity index (χ0) is 16.8. The summed E-state index contributed by atoms with van der Waals surface area (Å²) in [5.41, 5.74) is 1.07. The van der Waals surface area contributed by atoms with E-state index < -0.39 is 0 Å². The maximum absolute atomic E-state index is 12.7. The molecule has 134 valence electrons. The van der Waals surface area contributed by atoms with Crippen LogP contribution >= 0.6 is 24.2 Å². The number of pyridine rings is 1. The average Bonchev–Trinajstić information content (AvgIpc) is 2.67. The van der Waals surface area contributed by atoms with E-state index in [1.165, 1.54) is 0 Å². The number of carbonyl (C=O) groups is 1. The van der Waals surface area contributed by atoms with Crippen LogP contribution in [0.15, 0.2) is 53.7 Å². The average molecular weight is 380 g/mol. The lowest BCUT2D eigenvalue weighted by molar-refractivity contribution is -0.131. The van der Waals surface area contributed by atoms with Gasteiger partial charge in [0.05, 0.1) is 18.9 Å². The van der Waals surface area contributed by atoms with Crippen molar-refractivity contribution < 1.29 is 9.53 Å². The van der Waals surface area contributed by atoms with E-state index in [9.17, 15) is 4.79 Å². The quantitative estimate of drug-likeness (QED) is 0.809. The highest BCUT2D eigenvalue weighted by atomic mass is 35.5. The van der Waals surface area contributed by atoms with E-state index in [0.717, 1.165) is 35.8 Å². The Morgan fingerprint density at radius 1 is 1.40 bits per heavy atom. The molecule has 1 unspecified atom stereocenters. The molecule has 0 bridgehead atoms. The van der Waals surface area contributed by atoms with Crippen molar-refractivity contribution >= 4 is 30.1 Å². The van der Waals surface area contributed by atoms with Gasteiger partial charge in [0.25, 0.3) is 0 Å². The number of hydrogen-bond donors (Lipinski definition) is 1. The Morgan fingerprint density at radius 2 is 2.28 bits per heavy atom.